The first-order chi connectivity index (χ1) is 11.6. The second-order valence-corrected chi connectivity index (χ2v) is 6.64. The Kier molecular flexibility index (Phi) is 3.73. The zero-order chi connectivity index (χ0) is 16.7. The third-order valence-electron chi connectivity index (χ3n) is 4.73. The van der Waals surface area contributed by atoms with Crippen LogP contribution in [0.15, 0.2) is 58.1 Å². The fraction of sp³-hybridized carbons (Fsp3) is 0.200. The van der Waals surface area contributed by atoms with Gasteiger partial charge in [0.25, 0.3) is 0 Å². The minimum atomic E-state index is -0.428. The predicted octanol–water partition coefficient (Wildman–Crippen LogP) is 4.09. The average Bonchev–Trinajstić information content (AvgIpc) is 2.62. The Balaban J connectivity index is 1.70. The molecule has 0 aliphatic heterocycles. The van der Waals surface area contributed by atoms with Gasteiger partial charge in [-0.15, -0.1) is 0 Å². The molecule has 0 heterocycles. The molecule has 0 bridgehead atoms. The number of hydrogen-bond acceptors (Lipinski definition) is 3. The van der Waals surface area contributed by atoms with Crippen LogP contribution in [0.3, 0.4) is 0 Å². The summed E-state index contributed by atoms with van der Waals surface area (Å²) in [5.41, 5.74) is 3.32. The van der Waals surface area contributed by atoms with E-state index in [1.54, 1.807) is 24.3 Å². The van der Waals surface area contributed by atoms with Crippen molar-refractivity contribution in [3.8, 4) is 11.1 Å². The summed E-state index contributed by atoms with van der Waals surface area (Å²) in [6.45, 7) is 0. The quantitative estimate of drug-likeness (QED) is 0.732. The van der Waals surface area contributed by atoms with E-state index < -0.39 is 10.9 Å². The van der Waals surface area contributed by atoms with Crippen molar-refractivity contribution < 1.29 is 0 Å². The number of nitrogens with one attached hydrogen (secondary N) is 1. The highest BCUT2D eigenvalue weighted by molar-refractivity contribution is 6.30. The third kappa shape index (κ3) is 2.45. The molecule has 0 saturated carbocycles. The van der Waals surface area contributed by atoms with Gasteiger partial charge >= 0.3 is 0 Å². The molecule has 0 spiro atoms. The van der Waals surface area contributed by atoms with Crippen molar-refractivity contribution in [2.45, 2.75) is 25.3 Å². The van der Waals surface area contributed by atoms with Gasteiger partial charge in [-0.3, -0.25) is 9.59 Å². The lowest BCUT2D eigenvalue weighted by atomic mass is 9.87. The molecule has 3 nitrogen and oxygen atoms in total. The predicted molar refractivity (Wildman–Crippen MR) is 97.5 cm³/mol. The lowest BCUT2D eigenvalue weighted by molar-refractivity contribution is 0.599. The molecule has 0 saturated heterocycles. The van der Waals surface area contributed by atoms with E-state index in [9.17, 15) is 9.59 Å². The standard InChI is InChI=1S/C20H16ClNO2/c21-14-10-8-13(9-11-14)17-18(20(24)19(17)23)22-16-7-3-5-12-4-1-2-6-15(12)16/h1-2,4,6,8-11,16,22H,3,5,7H2/t16-/m0/s1. The molecule has 4 rings (SSSR count). The molecule has 24 heavy (non-hydrogen) atoms. The maximum atomic E-state index is 12.1. The fourth-order valence-electron chi connectivity index (χ4n) is 3.50. The van der Waals surface area contributed by atoms with Crippen LogP contribution in [0.2, 0.25) is 5.02 Å². The molecule has 1 aliphatic carbocycles. The van der Waals surface area contributed by atoms with E-state index in [-0.39, 0.29) is 6.04 Å². The molecular weight excluding hydrogens is 322 g/mol. The van der Waals surface area contributed by atoms with Crippen LogP contribution in [0.4, 0.5) is 5.69 Å². The van der Waals surface area contributed by atoms with Crippen molar-refractivity contribution in [1.29, 1.82) is 0 Å². The molecule has 3 aromatic rings. The first-order valence-corrected chi connectivity index (χ1v) is 8.46. The molecule has 0 radical (unpaired) electrons. The van der Waals surface area contributed by atoms with E-state index in [0.29, 0.717) is 16.3 Å². The summed E-state index contributed by atoms with van der Waals surface area (Å²) in [5.74, 6) is 0. The van der Waals surface area contributed by atoms with Gasteiger partial charge in [-0.2, -0.15) is 0 Å². The second kappa shape index (κ2) is 5.91. The van der Waals surface area contributed by atoms with Gasteiger partial charge in [0.1, 0.15) is 0 Å². The number of aryl methyl sites for hydroxylation is 1. The Morgan fingerprint density at radius 3 is 2.50 bits per heavy atom. The number of fused-ring (bicyclic) bond motifs is 1. The number of rotatable bonds is 3. The van der Waals surface area contributed by atoms with Gasteiger partial charge in [-0.05, 0) is 48.1 Å². The maximum absolute atomic E-state index is 12.1. The van der Waals surface area contributed by atoms with E-state index in [2.05, 4.69) is 17.4 Å². The van der Waals surface area contributed by atoms with Crippen LogP contribution in [0, 0.1) is 0 Å². The van der Waals surface area contributed by atoms with E-state index in [1.807, 2.05) is 12.1 Å². The average molecular weight is 338 g/mol. The summed E-state index contributed by atoms with van der Waals surface area (Å²) in [7, 11) is 0. The van der Waals surface area contributed by atoms with Crippen LogP contribution < -0.4 is 16.2 Å². The summed E-state index contributed by atoms with van der Waals surface area (Å²) in [6.07, 6.45) is 3.08. The molecule has 0 unspecified atom stereocenters. The zero-order valence-electron chi connectivity index (χ0n) is 13.0. The summed E-state index contributed by atoms with van der Waals surface area (Å²) in [6, 6.07) is 15.4. The van der Waals surface area contributed by atoms with E-state index >= 15 is 0 Å². The largest absolute Gasteiger partial charge is 0.374 e. The highest BCUT2D eigenvalue weighted by Crippen LogP contribution is 2.34. The van der Waals surface area contributed by atoms with Crippen LogP contribution in [0.5, 0.6) is 0 Å². The maximum Gasteiger partial charge on any atom is 0.250 e. The van der Waals surface area contributed by atoms with Crippen molar-refractivity contribution in [3.05, 3.63) is 85.1 Å². The van der Waals surface area contributed by atoms with Crippen molar-refractivity contribution in [2.75, 3.05) is 5.32 Å². The summed E-state index contributed by atoms with van der Waals surface area (Å²) < 4.78 is 0. The molecule has 0 amide bonds. The number of hydrogen-bond donors (Lipinski definition) is 1. The Morgan fingerprint density at radius 1 is 0.958 bits per heavy atom. The van der Waals surface area contributed by atoms with Crippen LogP contribution in [0.25, 0.3) is 11.1 Å². The minimum absolute atomic E-state index is 0.0734. The Morgan fingerprint density at radius 2 is 1.71 bits per heavy atom. The minimum Gasteiger partial charge on any atom is -0.374 e. The molecule has 3 aromatic carbocycles. The van der Waals surface area contributed by atoms with Crippen molar-refractivity contribution in [2.24, 2.45) is 0 Å². The highest BCUT2D eigenvalue weighted by atomic mass is 35.5. The Labute approximate surface area is 144 Å². The van der Waals surface area contributed by atoms with Crippen LogP contribution in [-0.2, 0) is 6.42 Å². The molecule has 1 N–H and O–H groups in total. The van der Waals surface area contributed by atoms with Crippen LogP contribution in [0.1, 0.15) is 30.0 Å². The fourth-order valence-corrected chi connectivity index (χ4v) is 3.63. The summed E-state index contributed by atoms with van der Waals surface area (Å²) >= 11 is 5.91. The molecule has 0 fully saturated rings. The van der Waals surface area contributed by atoms with Gasteiger partial charge in [0, 0.05) is 5.02 Å². The van der Waals surface area contributed by atoms with Crippen molar-refractivity contribution >= 4 is 17.3 Å². The van der Waals surface area contributed by atoms with Gasteiger partial charge in [0.15, 0.2) is 0 Å². The van der Waals surface area contributed by atoms with Crippen LogP contribution in [-0.4, -0.2) is 0 Å². The van der Waals surface area contributed by atoms with E-state index in [1.165, 1.54) is 11.1 Å². The molecule has 0 aromatic heterocycles. The monoisotopic (exact) mass is 337 g/mol. The lowest BCUT2D eigenvalue weighted by Crippen LogP contribution is -2.37. The van der Waals surface area contributed by atoms with Gasteiger partial charge in [0.2, 0.25) is 10.9 Å². The second-order valence-electron chi connectivity index (χ2n) is 6.20. The molecule has 1 atom stereocenters. The zero-order valence-corrected chi connectivity index (χ0v) is 13.8. The Bertz CT molecular complexity index is 968. The summed E-state index contributed by atoms with van der Waals surface area (Å²) in [4.78, 5) is 24.2. The topological polar surface area (TPSA) is 46.2 Å². The van der Waals surface area contributed by atoms with Crippen molar-refractivity contribution in [1.82, 2.24) is 0 Å². The van der Waals surface area contributed by atoms with E-state index in [4.69, 9.17) is 11.6 Å². The highest BCUT2D eigenvalue weighted by Gasteiger charge is 2.27. The van der Waals surface area contributed by atoms with Gasteiger partial charge in [-0.1, -0.05) is 48.0 Å². The molecule has 120 valence electrons. The van der Waals surface area contributed by atoms with Crippen LogP contribution >= 0.6 is 11.6 Å². The lowest BCUT2D eigenvalue weighted by Gasteiger charge is -2.28. The van der Waals surface area contributed by atoms with E-state index in [0.717, 1.165) is 24.8 Å². The van der Waals surface area contributed by atoms with Gasteiger partial charge in [-0.25, -0.2) is 0 Å². The molecule has 1 aliphatic rings. The SMILES string of the molecule is O=c1c(N[C@H]2CCCc3ccccc32)c(-c2ccc(Cl)cc2)c1=O. The number of halogens is 1. The smallest absolute Gasteiger partial charge is 0.250 e. The summed E-state index contributed by atoms with van der Waals surface area (Å²) in [5, 5.41) is 3.94. The Hall–Kier alpha value is -2.39. The van der Waals surface area contributed by atoms with Gasteiger partial charge in [0.05, 0.1) is 17.3 Å². The van der Waals surface area contributed by atoms with Crippen molar-refractivity contribution in [3.63, 3.8) is 0 Å². The first kappa shape index (κ1) is 15.2. The normalized spacial score (nSPS) is 16.8. The molecule has 4 heteroatoms. The number of benzene rings is 2. The molecular formula is C20H16ClNO2. The number of anilines is 1. The first-order valence-electron chi connectivity index (χ1n) is 8.09. The third-order valence-corrected chi connectivity index (χ3v) is 4.98. The van der Waals surface area contributed by atoms with Gasteiger partial charge < -0.3 is 5.32 Å².